The van der Waals surface area contributed by atoms with E-state index in [4.69, 9.17) is 4.74 Å². The van der Waals surface area contributed by atoms with Gasteiger partial charge < -0.3 is 15.4 Å². The van der Waals surface area contributed by atoms with Crippen molar-refractivity contribution < 1.29 is 17.9 Å². The number of aromatic nitrogens is 4. The van der Waals surface area contributed by atoms with Gasteiger partial charge in [0, 0.05) is 20.4 Å². The highest BCUT2D eigenvalue weighted by Crippen LogP contribution is 2.34. The molecule has 24 heavy (non-hydrogen) atoms. The first-order valence-corrected chi connectivity index (χ1v) is 7.20. The minimum absolute atomic E-state index is 0.0203. The Bertz CT molecular complexity index is 700. The molecule has 0 saturated carbocycles. The second-order valence-electron chi connectivity index (χ2n) is 5.22. The second kappa shape index (κ2) is 7.04. The zero-order chi connectivity index (χ0) is 17.9. The number of ether oxygens (including phenoxy) is 1. The van der Waals surface area contributed by atoms with E-state index in [1.165, 1.54) is 7.05 Å². The Balaban J connectivity index is 2.26. The van der Waals surface area contributed by atoms with Gasteiger partial charge >= 0.3 is 6.18 Å². The lowest BCUT2D eigenvalue weighted by Crippen LogP contribution is -2.14. The zero-order valence-electron chi connectivity index (χ0n) is 13.8. The fourth-order valence-corrected chi connectivity index (χ4v) is 2.26. The van der Waals surface area contributed by atoms with Crippen LogP contribution in [-0.2, 0) is 10.9 Å². The predicted octanol–water partition coefficient (Wildman–Crippen LogP) is 2.99. The van der Waals surface area contributed by atoms with Crippen molar-refractivity contribution in [3.8, 4) is 0 Å². The second-order valence-corrected chi connectivity index (χ2v) is 5.22. The Morgan fingerprint density at radius 2 is 2.04 bits per heavy atom. The molecule has 0 bridgehead atoms. The summed E-state index contributed by atoms with van der Waals surface area (Å²) in [6, 6.07) is 0.0203. The first kappa shape index (κ1) is 18.0. The number of alkyl halides is 3. The van der Waals surface area contributed by atoms with Crippen molar-refractivity contribution >= 4 is 17.5 Å². The summed E-state index contributed by atoms with van der Waals surface area (Å²) in [6.07, 6.45) is -2.21. The van der Waals surface area contributed by atoms with E-state index in [-0.39, 0.29) is 17.8 Å². The standard InChI is InChI=1S/C14H19F3N6O/c1-8(7-24-4)23-9(2)11(6-20-23)21-13-19-5-10(14(15,16)17)12(18-3)22-13/h5-6,8H,7H2,1-4H3,(H2,18,19,21,22). The third-order valence-electron chi connectivity index (χ3n) is 3.45. The molecule has 0 saturated heterocycles. The molecule has 0 amide bonds. The minimum Gasteiger partial charge on any atom is -0.382 e. The number of nitrogens with one attached hydrogen (secondary N) is 2. The molecule has 1 atom stereocenters. The van der Waals surface area contributed by atoms with Crippen LogP contribution in [0, 0.1) is 6.92 Å². The van der Waals surface area contributed by atoms with Gasteiger partial charge in [-0.05, 0) is 13.8 Å². The fourth-order valence-electron chi connectivity index (χ4n) is 2.26. The zero-order valence-corrected chi connectivity index (χ0v) is 13.8. The van der Waals surface area contributed by atoms with E-state index in [9.17, 15) is 13.2 Å². The van der Waals surface area contributed by atoms with Gasteiger partial charge in [-0.3, -0.25) is 4.68 Å². The van der Waals surface area contributed by atoms with Crippen LogP contribution < -0.4 is 10.6 Å². The van der Waals surface area contributed by atoms with Crippen LogP contribution in [0.25, 0.3) is 0 Å². The van der Waals surface area contributed by atoms with E-state index in [0.717, 1.165) is 11.9 Å². The average Bonchev–Trinajstić information content (AvgIpc) is 2.87. The van der Waals surface area contributed by atoms with Gasteiger partial charge in [-0.1, -0.05) is 0 Å². The average molecular weight is 344 g/mol. The quantitative estimate of drug-likeness (QED) is 0.839. The van der Waals surface area contributed by atoms with E-state index in [0.29, 0.717) is 12.3 Å². The Kier molecular flexibility index (Phi) is 5.27. The summed E-state index contributed by atoms with van der Waals surface area (Å²) in [4.78, 5) is 7.61. The summed E-state index contributed by atoms with van der Waals surface area (Å²) >= 11 is 0. The van der Waals surface area contributed by atoms with E-state index >= 15 is 0 Å². The highest BCUT2D eigenvalue weighted by Gasteiger charge is 2.35. The number of halogens is 3. The Labute approximate surface area is 137 Å². The number of hydrogen-bond donors (Lipinski definition) is 2. The molecule has 132 valence electrons. The van der Waals surface area contributed by atoms with Crippen molar-refractivity contribution in [2.45, 2.75) is 26.1 Å². The summed E-state index contributed by atoms with van der Waals surface area (Å²) in [5, 5.41) is 9.58. The lowest BCUT2D eigenvalue weighted by molar-refractivity contribution is -0.137. The normalized spacial score (nSPS) is 13.0. The maximum atomic E-state index is 12.9. The SMILES string of the molecule is CNc1nc(Nc2cnn(C(C)COC)c2C)ncc1C(F)(F)F. The molecule has 2 N–H and O–H groups in total. The van der Waals surface area contributed by atoms with Gasteiger partial charge in [-0.2, -0.15) is 23.3 Å². The van der Waals surface area contributed by atoms with Crippen LogP contribution in [0.2, 0.25) is 0 Å². The monoisotopic (exact) mass is 344 g/mol. The van der Waals surface area contributed by atoms with E-state index in [2.05, 4.69) is 25.7 Å². The Morgan fingerprint density at radius 1 is 1.33 bits per heavy atom. The summed E-state index contributed by atoms with van der Waals surface area (Å²) < 4.78 is 45.4. The molecule has 0 radical (unpaired) electrons. The first-order chi connectivity index (χ1) is 11.3. The third-order valence-corrected chi connectivity index (χ3v) is 3.45. The maximum absolute atomic E-state index is 12.9. The molecule has 2 rings (SSSR count). The molecule has 1 unspecified atom stereocenters. The molecule has 0 spiro atoms. The largest absolute Gasteiger partial charge is 0.421 e. The van der Waals surface area contributed by atoms with Gasteiger partial charge in [-0.25, -0.2) is 4.98 Å². The van der Waals surface area contributed by atoms with Crippen LogP contribution in [0.15, 0.2) is 12.4 Å². The van der Waals surface area contributed by atoms with Crippen molar-refractivity contribution in [1.82, 2.24) is 19.7 Å². The number of methoxy groups -OCH3 is 1. The molecular formula is C14H19F3N6O. The number of hydrogen-bond acceptors (Lipinski definition) is 6. The van der Waals surface area contributed by atoms with Crippen molar-refractivity contribution in [2.75, 3.05) is 31.4 Å². The van der Waals surface area contributed by atoms with E-state index in [1.54, 1.807) is 18.0 Å². The Hall–Kier alpha value is -2.36. The summed E-state index contributed by atoms with van der Waals surface area (Å²) in [5.74, 6) is -0.243. The van der Waals surface area contributed by atoms with Gasteiger partial charge in [0.05, 0.1) is 30.2 Å². The molecule has 10 heteroatoms. The minimum atomic E-state index is -4.52. The van der Waals surface area contributed by atoms with Crippen molar-refractivity contribution in [3.63, 3.8) is 0 Å². The van der Waals surface area contributed by atoms with Gasteiger partial charge in [0.1, 0.15) is 11.4 Å². The van der Waals surface area contributed by atoms with Crippen LogP contribution in [0.3, 0.4) is 0 Å². The van der Waals surface area contributed by atoms with Gasteiger partial charge in [0.15, 0.2) is 0 Å². The molecule has 0 aromatic carbocycles. The smallest absolute Gasteiger partial charge is 0.382 e. The number of rotatable bonds is 6. The highest BCUT2D eigenvalue weighted by molar-refractivity contribution is 5.58. The van der Waals surface area contributed by atoms with Gasteiger partial charge in [-0.15, -0.1) is 0 Å². The van der Waals surface area contributed by atoms with Crippen molar-refractivity contribution in [3.05, 3.63) is 23.7 Å². The van der Waals surface area contributed by atoms with Crippen molar-refractivity contribution in [2.24, 2.45) is 0 Å². The molecule has 0 aliphatic heterocycles. The first-order valence-electron chi connectivity index (χ1n) is 7.20. The number of anilines is 3. The molecule has 7 nitrogen and oxygen atoms in total. The maximum Gasteiger partial charge on any atom is 0.421 e. The molecule has 0 fully saturated rings. The molecule has 2 aromatic heterocycles. The Morgan fingerprint density at radius 3 is 2.62 bits per heavy atom. The summed E-state index contributed by atoms with van der Waals surface area (Å²) in [5.41, 5.74) is 0.491. The highest BCUT2D eigenvalue weighted by atomic mass is 19.4. The van der Waals surface area contributed by atoms with Crippen LogP contribution in [0.5, 0.6) is 0 Å². The topological polar surface area (TPSA) is 76.9 Å². The molecular weight excluding hydrogens is 325 g/mol. The molecule has 0 aliphatic rings. The molecule has 2 heterocycles. The summed E-state index contributed by atoms with van der Waals surface area (Å²) in [7, 11) is 2.97. The van der Waals surface area contributed by atoms with E-state index in [1.807, 2.05) is 13.8 Å². The lowest BCUT2D eigenvalue weighted by Gasteiger charge is -2.14. The van der Waals surface area contributed by atoms with Crippen LogP contribution in [-0.4, -0.2) is 40.5 Å². The lowest BCUT2D eigenvalue weighted by atomic mass is 10.3. The molecule has 2 aromatic rings. The fraction of sp³-hybridized carbons (Fsp3) is 0.500. The van der Waals surface area contributed by atoms with Crippen LogP contribution in [0.4, 0.5) is 30.6 Å². The molecule has 0 aliphatic carbocycles. The third kappa shape index (κ3) is 3.75. The van der Waals surface area contributed by atoms with Crippen LogP contribution >= 0.6 is 0 Å². The van der Waals surface area contributed by atoms with Gasteiger partial charge in [0.25, 0.3) is 0 Å². The van der Waals surface area contributed by atoms with Crippen molar-refractivity contribution in [1.29, 1.82) is 0 Å². The van der Waals surface area contributed by atoms with E-state index < -0.39 is 11.7 Å². The number of nitrogens with zero attached hydrogens (tertiary/aromatic N) is 4. The summed E-state index contributed by atoms with van der Waals surface area (Å²) in [6.45, 7) is 4.27. The van der Waals surface area contributed by atoms with Crippen LogP contribution in [0.1, 0.15) is 24.2 Å². The predicted molar refractivity (Wildman–Crippen MR) is 83.4 cm³/mol. The van der Waals surface area contributed by atoms with Gasteiger partial charge in [0.2, 0.25) is 5.95 Å².